The van der Waals surface area contributed by atoms with Crippen LogP contribution in [-0.4, -0.2) is 25.8 Å². The number of aromatic nitrogens is 4. The highest BCUT2D eigenvalue weighted by molar-refractivity contribution is 6.30. The zero-order valence-corrected chi connectivity index (χ0v) is 17.2. The van der Waals surface area contributed by atoms with Gasteiger partial charge < -0.3 is 10.3 Å². The van der Waals surface area contributed by atoms with Crippen molar-refractivity contribution in [3.05, 3.63) is 52.8 Å². The summed E-state index contributed by atoms with van der Waals surface area (Å²) < 4.78 is 17.2. The summed E-state index contributed by atoms with van der Waals surface area (Å²) in [6.07, 6.45) is 6.75. The molecule has 2 N–H and O–H groups in total. The lowest BCUT2D eigenvalue weighted by Gasteiger charge is -2.24. The van der Waals surface area contributed by atoms with Gasteiger partial charge in [0.25, 0.3) is 0 Å². The van der Waals surface area contributed by atoms with Crippen LogP contribution in [0.25, 0.3) is 27.7 Å². The Morgan fingerprint density at radius 1 is 1.34 bits per heavy atom. The highest BCUT2D eigenvalue weighted by Gasteiger charge is 2.32. The van der Waals surface area contributed by atoms with Crippen LogP contribution in [0.1, 0.15) is 38.1 Å². The van der Waals surface area contributed by atoms with E-state index in [9.17, 15) is 0 Å². The van der Waals surface area contributed by atoms with E-state index >= 15 is 4.39 Å². The molecule has 0 amide bonds. The topological polar surface area (TPSA) is 58.5 Å². The van der Waals surface area contributed by atoms with Crippen molar-refractivity contribution < 1.29 is 4.39 Å². The molecule has 0 saturated carbocycles. The van der Waals surface area contributed by atoms with Crippen LogP contribution >= 0.6 is 11.6 Å². The van der Waals surface area contributed by atoms with Crippen LogP contribution < -0.4 is 5.32 Å². The van der Waals surface area contributed by atoms with Gasteiger partial charge in [0.1, 0.15) is 11.5 Å². The molecular formula is C22H23ClFN5. The lowest BCUT2D eigenvalue weighted by Crippen LogP contribution is -2.38. The number of nitrogens with zero attached hydrogens (tertiary/aromatic N) is 3. The SMILES string of the molecule is CCC1Cn2nc(C3=C(F)C=C(Cl)CC3C)c(-c3ccnc4[nH]ccc34)c2CN1. The summed E-state index contributed by atoms with van der Waals surface area (Å²) in [6.45, 7) is 5.66. The van der Waals surface area contributed by atoms with Crippen molar-refractivity contribution in [2.45, 2.75) is 45.8 Å². The first-order chi connectivity index (χ1) is 14.1. The molecule has 0 radical (unpaired) electrons. The molecule has 0 fully saturated rings. The first-order valence-electron chi connectivity index (χ1n) is 10.1. The fourth-order valence-corrected chi connectivity index (χ4v) is 4.84. The molecule has 4 heterocycles. The van der Waals surface area contributed by atoms with Crippen LogP contribution in [0.3, 0.4) is 0 Å². The summed E-state index contributed by atoms with van der Waals surface area (Å²) in [5, 5.41) is 10.1. The molecule has 2 atom stereocenters. The van der Waals surface area contributed by atoms with Gasteiger partial charge >= 0.3 is 0 Å². The Kier molecular flexibility index (Phi) is 4.56. The van der Waals surface area contributed by atoms with E-state index < -0.39 is 0 Å². The molecule has 2 unspecified atom stereocenters. The molecule has 5 rings (SSSR count). The number of H-pyrrole nitrogens is 1. The highest BCUT2D eigenvalue weighted by atomic mass is 35.5. The first-order valence-corrected chi connectivity index (χ1v) is 10.5. The van der Waals surface area contributed by atoms with E-state index in [0.29, 0.717) is 29.6 Å². The van der Waals surface area contributed by atoms with E-state index in [2.05, 4.69) is 26.9 Å². The maximum atomic E-state index is 15.1. The van der Waals surface area contributed by atoms with Gasteiger partial charge in [-0.2, -0.15) is 5.10 Å². The molecule has 29 heavy (non-hydrogen) atoms. The number of pyridine rings is 1. The molecule has 3 aromatic rings. The second kappa shape index (κ2) is 7.11. The van der Waals surface area contributed by atoms with Gasteiger partial charge in [-0.15, -0.1) is 0 Å². The van der Waals surface area contributed by atoms with Crippen molar-refractivity contribution >= 4 is 28.2 Å². The van der Waals surface area contributed by atoms with E-state index in [1.807, 2.05) is 25.3 Å². The summed E-state index contributed by atoms with van der Waals surface area (Å²) in [4.78, 5) is 7.59. The maximum Gasteiger partial charge on any atom is 0.137 e. The molecule has 7 heteroatoms. The smallest absolute Gasteiger partial charge is 0.137 e. The van der Waals surface area contributed by atoms with E-state index in [0.717, 1.165) is 46.5 Å². The minimum Gasteiger partial charge on any atom is -0.346 e. The number of aromatic amines is 1. The second-order valence-corrected chi connectivity index (χ2v) is 8.38. The molecule has 1 aliphatic carbocycles. The molecule has 0 bridgehead atoms. The Morgan fingerprint density at radius 2 is 2.21 bits per heavy atom. The fraction of sp³-hybridized carbons (Fsp3) is 0.364. The molecule has 2 aliphatic rings. The lowest BCUT2D eigenvalue weighted by molar-refractivity contribution is 0.361. The number of fused-ring (bicyclic) bond motifs is 2. The number of nitrogens with one attached hydrogen (secondary N) is 2. The zero-order valence-electron chi connectivity index (χ0n) is 16.5. The van der Waals surface area contributed by atoms with Crippen molar-refractivity contribution in [3.8, 4) is 11.1 Å². The Bertz CT molecular complexity index is 1160. The first kappa shape index (κ1) is 18.6. The van der Waals surface area contributed by atoms with Crippen LogP contribution in [-0.2, 0) is 13.1 Å². The summed E-state index contributed by atoms with van der Waals surface area (Å²) >= 11 is 6.16. The molecule has 0 aromatic carbocycles. The zero-order chi connectivity index (χ0) is 20.1. The number of rotatable bonds is 3. The van der Waals surface area contributed by atoms with Crippen LogP contribution in [0, 0.1) is 5.92 Å². The second-order valence-electron chi connectivity index (χ2n) is 7.89. The minimum atomic E-state index is -0.287. The van der Waals surface area contributed by atoms with Crippen molar-refractivity contribution in [2.24, 2.45) is 5.92 Å². The molecule has 1 aliphatic heterocycles. The maximum absolute atomic E-state index is 15.1. The van der Waals surface area contributed by atoms with E-state index in [4.69, 9.17) is 16.7 Å². The monoisotopic (exact) mass is 411 g/mol. The Balaban J connectivity index is 1.79. The van der Waals surface area contributed by atoms with E-state index in [-0.39, 0.29) is 11.7 Å². The van der Waals surface area contributed by atoms with Gasteiger partial charge in [0.15, 0.2) is 0 Å². The van der Waals surface area contributed by atoms with E-state index in [1.54, 1.807) is 6.20 Å². The van der Waals surface area contributed by atoms with Crippen LogP contribution in [0.15, 0.2) is 41.5 Å². The Morgan fingerprint density at radius 3 is 3.00 bits per heavy atom. The number of hydrogen-bond acceptors (Lipinski definition) is 3. The Labute approximate surface area is 173 Å². The van der Waals surface area contributed by atoms with Gasteiger partial charge in [-0.3, -0.25) is 4.68 Å². The van der Waals surface area contributed by atoms with Gasteiger partial charge in [-0.1, -0.05) is 25.4 Å². The summed E-state index contributed by atoms with van der Waals surface area (Å²) in [6, 6.07) is 4.38. The van der Waals surface area contributed by atoms with Crippen molar-refractivity contribution in [2.75, 3.05) is 0 Å². The van der Waals surface area contributed by atoms with Gasteiger partial charge in [-0.05, 0) is 42.5 Å². The van der Waals surface area contributed by atoms with Crippen molar-refractivity contribution in [1.29, 1.82) is 0 Å². The summed E-state index contributed by atoms with van der Waals surface area (Å²) in [5.74, 6) is -0.327. The molecule has 3 aromatic heterocycles. The Hall–Kier alpha value is -2.44. The highest BCUT2D eigenvalue weighted by Crippen LogP contribution is 2.44. The standard InChI is InChI=1S/C22H23ClFN5/c1-3-14-11-29-18(10-27-14)20(15-4-6-25-22-16(15)5-7-26-22)21(28-29)19-12(2)8-13(23)9-17(19)24/h4-7,9,12,14,27H,3,8,10-11H2,1-2H3,(H,25,26). The average molecular weight is 412 g/mol. The van der Waals surface area contributed by atoms with E-state index in [1.165, 1.54) is 6.08 Å². The van der Waals surface area contributed by atoms with Gasteiger partial charge in [0, 0.05) is 46.5 Å². The third kappa shape index (κ3) is 3.02. The van der Waals surface area contributed by atoms with Gasteiger partial charge in [0.2, 0.25) is 0 Å². The lowest BCUT2D eigenvalue weighted by atomic mass is 9.86. The predicted octanol–water partition coefficient (Wildman–Crippen LogP) is 5.15. The summed E-state index contributed by atoms with van der Waals surface area (Å²) in [5.41, 5.74) is 5.28. The summed E-state index contributed by atoms with van der Waals surface area (Å²) in [7, 11) is 0. The third-order valence-corrected chi connectivity index (χ3v) is 6.28. The number of hydrogen-bond donors (Lipinski definition) is 2. The van der Waals surface area contributed by atoms with Crippen LogP contribution in [0.2, 0.25) is 0 Å². The number of halogens is 2. The molecule has 0 saturated heterocycles. The molecular weight excluding hydrogens is 389 g/mol. The molecule has 150 valence electrons. The fourth-order valence-electron chi connectivity index (χ4n) is 4.52. The third-order valence-electron chi connectivity index (χ3n) is 6.02. The quantitative estimate of drug-likeness (QED) is 0.626. The van der Waals surface area contributed by atoms with Crippen LogP contribution in [0.4, 0.5) is 4.39 Å². The predicted molar refractivity (Wildman–Crippen MR) is 114 cm³/mol. The molecule has 0 spiro atoms. The van der Waals surface area contributed by atoms with Crippen molar-refractivity contribution in [3.63, 3.8) is 0 Å². The minimum absolute atomic E-state index is 0.0401. The van der Waals surface area contributed by atoms with Gasteiger partial charge in [-0.25, -0.2) is 9.37 Å². The average Bonchev–Trinajstić information content (AvgIpc) is 3.31. The van der Waals surface area contributed by atoms with Gasteiger partial charge in [0.05, 0.1) is 17.9 Å². The van der Waals surface area contributed by atoms with Crippen molar-refractivity contribution in [1.82, 2.24) is 25.1 Å². The normalized spacial score (nSPS) is 22.1. The number of allylic oxidation sites excluding steroid dienone is 4. The largest absolute Gasteiger partial charge is 0.346 e. The van der Waals surface area contributed by atoms with Crippen LogP contribution in [0.5, 0.6) is 0 Å². The molecule has 5 nitrogen and oxygen atoms in total.